The SMILES string of the molecule is CC(C)P1OC[C@H]2CN1C1CCCC[C@@H]12. The largest absolute Gasteiger partial charge is 0.343 e. The van der Waals surface area contributed by atoms with E-state index in [4.69, 9.17) is 4.52 Å². The molecule has 15 heavy (non-hydrogen) atoms. The fourth-order valence-corrected chi connectivity index (χ4v) is 6.00. The van der Waals surface area contributed by atoms with Gasteiger partial charge >= 0.3 is 0 Å². The first-order chi connectivity index (χ1) is 7.27. The molecule has 2 bridgehead atoms. The Morgan fingerprint density at radius 2 is 2.07 bits per heavy atom. The highest BCUT2D eigenvalue weighted by molar-refractivity contribution is 7.50. The molecular formula is C12H22NOP. The van der Waals surface area contributed by atoms with Crippen LogP contribution >= 0.6 is 8.30 Å². The highest BCUT2D eigenvalue weighted by Crippen LogP contribution is 2.59. The Bertz CT molecular complexity index is 246. The number of nitrogens with zero attached hydrogens (tertiary/aromatic N) is 1. The van der Waals surface area contributed by atoms with Crippen molar-refractivity contribution in [1.82, 2.24) is 4.67 Å². The second kappa shape index (κ2) is 3.98. The van der Waals surface area contributed by atoms with E-state index in [1.54, 1.807) is 0 Å². The summed E-state index contributed by atoms with van der Waals surface area (Å²) in [6, 6.07) is 0.889. The second-order valence-electron chi connectivity index (χ2n) is 5.59. The van der Waals surface area contributed by atoms with Crippen molar-refractivity contribution in [3.05, 3.63) is 0 Å². The van der Waals surface area contributed by atoms with Crippen molar-refractivity contribution in [3.8, 4) is 0 Å². The number of fused-ring (bicyclic) bond motifs is 5. The van der Waals surface area contributed by atoms with Gasteiger partial charge in [-0.05, 0) is 18.8 Å². The summed E-state index contributed by atoms with van der Waals surface area (Å²) < 4.78 is 8.86. The molecule has 1 aliphatic carbocycles. The summed E-state index contributed by atoms with van der Waals surface area (Å²) in [5.41, 5.74) is 0.710. The lowest BCUT2D eigenvalue weighted by atomic mass is 9.80. The molecule has 0 spiro atoms. The van der Waals surface area contributed by atoms with E-state index < -0.39 is 0 Å². The second-order valence-corrected chi connectivity index (χ2v) is 8.00. The zero-order valence-corrected chi connectivity index (χ0v) is 10.7. The Kier molecular flexibility index (Phi) is 2.79. The van der Waals surface area contributed by atoms with Crippen LogP contribution in [-0.4, -0.2) is 29.5 Å². The van der Waals surface area contributed by atoms with Gasteiger partial charge in [0, 0.05) is 24.2 Å². The Balaban J connectivity index is 1.81. The summed E-state index contributed by atoms with van der Waals surface area (Å²) >= 11 is 0. The Labute approximate surface area is 94.3 Å². The van der Waals surface area contributed by atoms with Crippen LogP contribution in [0.1, 0.15) is 39.5 Å². The first-order valence-electron chi connectivity index (χ1n) is 6.46. The van der Waals surface area contributed by atoms with E-state index in [0.29, 0.717) is 5.66 Å². The normalized spacial score (nSPS) is 49.4. The van der Waals surface area contributed by atoms with Gasteiger partial charge in [0.05, 0.1) is 6.61 Å². The maximum Gasteiger partial charge on any atom is 0.107 e. The van der Waals surface area contributed by atoms with E-state index in [1.165, 1.54) is 32.2 Å². The molecule has 0 aromatic rings. The summed E-state index contributed by atoms with van der Waals surface area (Å²) in [6.45, 7) is 7.05. The fourth-order valence-electron chi connectivity index (χ4n) is 3.67. The maximum atomic E-state index is 6.11. The van der Waals surface area contributed by atoms with Crippen LogP contribution in [0.15, 0.2) is 0 Å². The van der Waals surface area contributed by atoms with Crippen molar-refractivity contribution in [1.29, 1.82) is 0 Å². The predicted octanol–water partition coefficient (Wildman–Crippen LogP) is 3.23. The molecule has 0 radical (unpaired) electrons. The Morgan fingerprint density at radius 3 is 2.87 bits per heavy atom. The molecule has 3 rings (SSSR count). The van der Waals surface area contributed by atoms with Crippen molar-refractivity contribution in [2.24, 2.45) is 11.8 Å². The van der Waals surface area contributed by atoms with Gasteiger partial charge in [-0.25, -0.2) is 0 Å². The summed E-state index contributed by atoms with van der Waals surface area (Å²) in [6.07, 6.45) is 5.82. The molecule has 5 atom stereocenters. The lowest BCUT2D eigenvalue weighted by molar-refractivity contribution is 0.205. The molecule has 0 aromatic carbocycles. The third-order valence-corrected chi connectivity index (χ3v) is 6.57. The molecule has 3 unspecified atom stereocenters. The number of rotatable bonds is 1. The quantitative estimate of drug-likeness (QED) is 0.638. The topological polar surface area (TPSA) is 12.5 Å². The van der Waals surface area contributed by atoms with E-state index in [0.717, 1.165) is 24.5 Å². The minimum Gasteiger partial charge on any atom is -0.343 e. The molecule has 2 saturated heterocycles. The van der Waals surface area contributed by atoms with Gasteiger partial charge in [-0.2, -0.15) is 0 Å². The lowest BCUT2D eigenvalue weighted by Crippen LogP contribution is -2.32. The molecule has 0 aromatic heterocycles. The van der Waals surface area contributed by atoms with Crippen molar-refractivity contribution < 1.29 is 4.52 Å². The molecular weight excluding hydrogens is 205 g/mol. The smallest absolute Gasteiger partial charge is 0.107 e. The highest BCUT2D eigenvalue weighted by Gasteiger charge is 2.49. The maximum absolute atomic E-state index is 6.11. The molecule has 0 amide bonds. The average Bonchev–Trinajstić information content (AvgIpc) is 2.54. The minimum absolute atomic E-state index is 0.263. The molecule has 3 fully saturated rings. The Morgan fingerprint density at radius 1 is 1.27 bits per heavy atom. The third-order valence-electron chi connectivity index (χ3n) is 4.31. The van der Waals surface area contributed by atoms with Crippen LogP contribution in [0.25, 0.3) is 0 Å². The van der Waals surface area contributed by atoms with Gasteiger partial charge in [0.1, 0.15) is 8.30 Å². The monoisotopic (exact) mass is 227 g/mol. The van der Waals surface area contributed by atoms with E-state index in [2.05, 4.69) is 18.5 Å². The van der Waals surface area contributed by atoms with E-state index in [9.17, 15) is 0 Å². The van der Waals surface area contributed by atoms with Crippen LogP contribution in [0.4, 0.5) is 0 Å². The fraction of sp³-hybridized carbons (Fsp3) is 1.00. The molecule has 3 aliphatic rings. The van der Waals surface area contributed by atoms with Crippen LogP contribution < -0.4 is 0 Å². The first kappa shape index (κ1) is 10.5. The highest BCUT2D eigenvalue weighted by atomic mass is 31.2. The van der Waals surface area contributed by atoms with Crippen LogP contribution in [0.3, 0.4) is 0 Å². The minimum atomic E-state index is -0.263. The van der Waals surface area contributed by atoms with Crippen LogP contribution in [-0.2, 0) is 4.52 Å². The van der Waals surface area contributed by atoms with Crippen molar-refractivity contribution in [2.75, 3.05) is 13.2 Å². The van der Waals surface area contributed by atoms with Crippen molar-refractivity contribution >= 4 is 8.30 Å². The average molecular weight is 227 g/mol. The van der Waals surface area contributed by atoms with E-state index in [-0.39, 0.29) is 8.30 Å². The zero-order valence-electron chi connectivity index (χ0n) is 9.85. The van der Waals surface area contributed by atoms with Crippen molar-refractivity contribution in [2.45, 2.75) is 51.2 Å². The standard InChI is InChI=1S/C12H22NOP/c1-9(2)15-13-7-10(8-14-15)11-5-3-4-6-12(11)13/h9-12H,3-8H2,1-2H3/t10-,11-,12?,15?/m1/s1. The molecule has 2 heterocycles. The summed E-state index contributed by atoms with van der Waals surface area (Å²) in [4.78, 5) is 0. The predicted molar refractivity (Wildman–Crippen MR) is 64.0 cm³/mol. The van der Waals surface area contributed by atoms with Gasteiger partial charge in [0.15, 0.2) is 0 Å². The number of hydrogen-bond acceptors (Lipinski definition) is 2. The van der Waals surface area contributed by atoms with Crippen LogP contribution in [0.2, 0.25) is 0 Å². The summed E-state index contributed by atoms with van der Waals surface area (Å²) in [5, 5.41) is 0. The van der Waals surface area contributed by atoms with Gasteiger partial charge in [-0.1, -0.05) is 26.7 Å². The van der Waals surface area contributed by atoms with Gasteiger partial charge in [0.2, 0.25) is 0 Å². The molecule has 86 valence electrons. The Hall–Kier alpha value is 0.350. The first-order valence-corrected chi connectivity index (χ1v) is 7.74. The summed E-state index contributed by atoms with van der Waals surface area (Å²) in [5.74, 6) is 1.85. The van der Waals surface area contributed by atoms with E-state index in [1.807, 2.05) is 0 Å². The van der Waals surface area contributed by atoms with E-state index >= 15 is 0 Å². The molecule has 2 nitrogen and oxygen atoms in total. The van der Waals surface area contributed by atoms with Gasteiger partial charge in [-0.15, -0.1) is 0 Å². The third kappa shape index (κ3) is 1.66. The molecule has 0 N–H and O–H groups in total. The van der Waals surface area contributed by atoms with Gasteiger partial charge in [0.25, 0.3) is 0 Å². The molecule has 1 saturated carbocycles. The van der Waals surface area contributed by atoms with Crippen LogP contribution in [0, 0.1) is 11.8 Å². The number of hydrogen-bond donors (Lipinski definition) is 0. The zero-order chi connectivity index (χ0) is 10.4. The molecule has 2 aliphatic heterocycles. The lowest BCUT2D eigenvalue weighted by Gasteiger charge is -2.37. The van der Waals surface area contributed by atoms with Crippen molar-refractivity contribution in [3.63, 3.8) is 0 Å². The van der Waals surface area contributed by atoms with Gasteiger partial charge < -0.3 is 4.52 Å². The molecule has 3 heteroatoms. The van der Waals surface area contributed by atoms with Gasteiger partial charge in [-0.3, -0.25) is 4.67 Å². The van der Waals surface area contributed by atoms with Crippen LogP contribution in [0.5, 0.6) is 0 Å². The summed E-state index contributed by atoms with van der Waals surface area (Å²) in [7, 11) is -0.263.